The Morgan fingerprint density at radius 2 is 2.20 bits per heavy atom. The van der Waals surface area contributed by atoms with Crippen molar-refractivity contribution in [1.82, 2.24) is 0 Å². The van der Waals surface area contributed by atoms with Gasteiger partial charge in [-0.3, -0.25) is 0 Å². The van der Waals surface area contributed by atoms with Gasteiger partial charge in [-0.25, -0.2) is 0 Å². The molecular formula is C9H12O. The first-order valence-corrected chi connectivity index (χ1v) is 4.29. The van der Waals surface area contributed by atoms with Crippen LogP contribution in [0.15, 0.2) is 0 Å². The first-order valence-electron chi connectivity index (χ1n) is 4.29. The molecule has 0 aliphatic heterocycles. The quantitative estimate of drug-likeness (QED) is 0.502. The normalized spacial score (nSPS) is 62.2. The lowest BCUT2D eigenvalue weighted by atomic mass is 9.59. The predicted octanol–water partition coefficient (Wildman–Crippen LogP) is 1.77. The molecule has 1 heteroatoms. The van der Waals surface area contributed by atoms with Crippen molar-refractivity contribution < 1.29 is 4.79 Å². The smallest absolute Gasteiger partial charge is 0.126 e. The standard InChI is InChI=1S/C9H12O/c10-6-8-2-1-7-5-9(7,8)4-3-8/h6-7H,1-5H2. The van der Waals surface area contributed by atoms with Crippen LogP contribution >= 0.6 is 0 Å². The van der Waals surface area contributed by atoms with E-state index in [2.05, 4.69) is 0 Å². The molecule has 0 amide bonds. The van der Waals surface area contributed by atoms with E-state index >= 15 is 0 Å². The molecule has 3 saturated carbocycles. The van der Waals surface area contributed by atoms with E-state index in [-0.39, 0.29) is 5.41 Å². The first kappa shape index (κ1) is 5.34. The summed E-state index contributed by atoms with van der Waals surface area (Å²) >= 11 is 0. The second-order valence-corrected chi connectivity index (χ2v) is 4.37. The highest BCUT2D eigenvalue weighted by Gasteiger charge is 2.75. The summed E-state index contributed by atoms with van der Waals surface area (Å²) in [5, 5.41) is 0. The van der Waals surface area contributed by atoms with Crippen molar-refractivity contribution in [2.24, 2.45) is 16.7 Å². The molecule has 0 heterocycles. The molecule has 3 rings (SSSR count). The minimum absolute atomic E-state index is 0.206. The lowest BCUT2D eigenvalue weighted by Crippen LogP contribution is -2.41. The van der Waals surface area contributed by atoms with Gasteiger partial charge in [0.2, 0.25) is 0 Å². The van der Waals surface area contributed by atoms with Gasteiger partial charge in [-0.05, 0) is 43.4 Å². The number of hydrogen-bond donors (Lipinski definition) is 0. The maximum Gasteiger partial charge on any atom is 0.126 e. The van der Waals surface area contributed by atoms with E-state index in [4.69, 9.17) is 0 Å². The zero-order chi connectivity index (χ0) is 6.82. The summed E-state index contributed by atoms with van der Waals surface area (Å²) in [6.45, 7) is 0. The van der Waals surface area contributed by atoms with E-state index in [0.717, 1.165) is 5.92 Å². The van der Waals surface area contributed by atoms with Crippen molar-refractivity contribution in [2.45, 2.75) is 32.1 Å². The average molecular weight is 136 g/mol. The lowest BCUT2D eigenvalue weighted by molar-refractivity contribution is -0.126. The largest absolute Gasteiger partial charge is 0.303 e. The van der Waals surface area contributed by atoms with E-state index in [1.54, 1.807) is 0 Å². The molecule has 0 saturated heterocycles. The van der Waals surface area contributed by atoms with Crippen molar-refractivity contribution >= 4 is 6.29 Å². The number of hydrogen-bond acceptors (Lipinski definition) is 1. The molecule has 0 bridgehead atoms. The summed E-state index contributed by atoms with van der Waals surface area (Å²) in [7, 11) is 0. The third kappa shape index (κ3) is 0.301. The fraction of sp³-hybridized carbons (Fsp3) is 0.889. The molecule has 0 radical (unpaired) electrons. The van der Waals surface area contributed by atoms with Crippen molar-refractivity contribution in [3.63, 3.8) is 0 Å². The average Bonchev–Trinajstić information content (AvgIpc) is 2.60. The van der Waals surface area contributed by atoms with Gasteiger partial charge in [0.1, 0.15) is 6.29 Å². The molecule has 0 aromatic rings. The van der Waals surface area contributed by atoms with Crippen LogP contribution < -0.4 is 0 Å². The van der Waals surface area contributed by atoms with Gasteiger partial charge in [-0.15, -0.1) is 0 Å². The predicted molar refractivity (Wildman–Crippen MR) is 37.5 cm³/mol. The van der Waals surface area contributed by atoms with Gasteiger partial charge in [0, 0.05) is 5.41 Å². The van der Waals surface area contributed by atoms with Gasteiger partial charge in [0.05, 0.1) is 0 Å². The summed E-state index contributed by atoms with van der Waals surface area (Å²) in [5.74, 6) is 0.964. The summed E-state index contributed by atoms with van der Waals surface area (Å²) in [4.78, 5) is 10.8. The van der Waals surface area contributed by atoms with E-state index < -0.39 is 0 Å². The third-order valence-electron chi connectivity index (χ3n) is 4.41. The second kappa shape index (κ2) is 1.19. The maximum absolute atomic E-state index is 10.8. The molecule has 3 aliphatic rings. The van der Waals surface area contributed by atoms with E-state index in [9.17, 15) is 4.79 Å². The molecule has 1 spiro atoms. The first-order chi connectivity index (χ1) is 4.83. The van der Waals surface area contributed by atoms with Crippen LogP contribution in [0, 0.1) is 16.7 Å². The minimum Gasteiger partial charge on any atom is -0.303 e. The van der Waals surface area contributed by atoms with Crippen LogP contribution in [-0.4, -0.2) is 6.29 Å². The molecular weight excluding hydrogens is 124 g/mol. The molecule has 0 N–H and O–H groups in total. The summed E-state index contributed by atoms with van der Waals surface area (Å²) in [6, 6.07) is 0. The van der Waals surface area contributed by atoms with Gasteiger partial charge in [0.15, 0.2) is 0 Å². The van der Waals surface area contributed by atoms with Crippen molar-refractivity contribution in [1.29, 1.82) is 0 Å². The van der Waals surface area contributed by atoms with Crippen LogP contribution in [0.3, 0.4) is 0 Å². The van der Waals surface area contributed by atoms with E-state index in [1.165, 1.54) is 38.4 Å². The van der Waals surface area contributed by atoms with Crippen LogP contribution in [0.1, 0.15) is 32.1 Å². The highest BCUT2D eigenvalue weighted by molar-refractivity contribution is 5.66. The van der Waals surface area contributed by atoms with Gasteiger partial charge in [-0.2, -0.15) is 0 Å². The lowest BCUT2D eigenvalue weighted by Gasteiger charge is -2.44. The minimum atomic E-state index is 0.206. The molecule has 3 aliphatic carbocycles. The molecule has 0 aromatic carbocycles. The molecule has 3 atom stereocenters. The van der Waals surface area contributed by atoms with Gasteiger partial charge < -0.3 is 4.79 Å². The Labute approximate surface area is 60.8 Å². The van der Waals surface area contributed by atoms with Crippen LogP contribution in [-0.2, 0) is 4.79 Å². The highest BCUT2D eigenvalue weighted by Crippen LogP contribution is 2.81. The Bertz CT molecular complexity index is 205. The second-order valence-electron chi connectivity index (χ2n) is 4.37. The van der Waals surface area contributed by atoms with Crippen molar-refractivity contribution in [3.05, 3.63) is 0 Å². The Hall–Kier alpha value is -0.330. The van der Waals surface area contributed by atoms with Gasteiger partial charge in [-0.1, -0.05) is 0 Å². The van der Waals surface area contributed by atoms with Crippen LogP contribution in [0.5, 0.6) is 0 Å². The molecule has 10 heavy (non-hydrogen) atoms. The van der Waals surface area contributed by atoms with Crippen molar-refractivity contribution in [2.75, 3.05) is 0 Å². The third-order valence-corrected chi connectivity index (χ3v) is 4.41. The Morgan fingerprint density at radius 1 is 1.30 bits per heavy atom. The monoisotopic (exact) mass is 136 g/mol. The molecule has 54 valence electrons. The van der Waals surface area contributed by atoms with E-state index in [0.29, 0.717) is 5.41 Å². The maximum atomic E-state index is 10.8. The highest BCUT2D eigenvalue weighted by atomic mass is 16.1. The molecule has 1 nitrogen and oxygen atoms in total. The van der Waals surface area contributed by atoms with Crippen molar-refractivity contribution in [3.8, 4) is 0 Å². The van der Waals surface area contributed by atoms with Gasteiger partial charge >= 0.3 is 0 Å². The molecule has 3 unspecified atom stereocenters. The van der Waals surface area contributed by atoms with Gasteiger partial charge in [0.25, 0.3) is 0 Å². The fourth-order valence-corrected chi connectivity index (χ4v) is 3.48. The zero-order valence-electron chi connectivity index (χ0n) is 6.10. The fourth-order valence-electron chi connectivity index (χ4n) is 3.48. The Kier molecular flexibility index (Phi) is 0.637. The number of carbonyl (C=O) groups excluding carboxylic acids is 1. The summed E-state index contributed by atoms with van der Waals surface area (Å²) in [5.41, 5.74) is 0.784. The SMILES string of the molecule is O=CC12CCC3CC31CC2. The Morgan fingerprint density at radius 3 is 2.50 bits per heavy atom. The zero-order valence-corrected chi connectivity index (χ0v) is 6.10. The Balaban J connectivity index is 2.06. The number of rotatable bonds is 1. The molecule has 3 fully saturated rings. The van der Waals surface area contributed by atoms with Crippen LogP contribution in [0.2, 0.25) is 0 Å². The van der Waals surface area contributed by atoms with Crippen LogP contribution in [0.4, 0.5) is 0 Å². The molecule has 0 aromatic heterocycles. The summed E-state index contributed by atoms with van der Waals surface area (Å²) in [6.07, 6.45) is 7.76. The number of aldehydes is 1. The number of carbonyl (C=O) groups is 1. The summed E-state index contributed by atoms with van der Waals surface area (Å²) < 4.78 is 0. The topological polar surface area (TPSA) is 17.1 Å². The van der Waals surface area contributed by atoms with E-state index in [1.807, 2.05) is 0 Å². The van der Waals surface area contributed by atoms with Crippen LogP contribution in [0.25, 0.3) is 0 Å².